The molecule has 0 aliphatic rings. The van der Waals surface area contributed by atoms with Gasteiger partial charge in [0.15, 0.2) is 0 Å². The molecule has 70 valence electrons. The van der Waals surface area contributed by atoms with Crippen molar-refractivity contribution in [3.8, 4) is 0 Å². The van der Waals surface area contributed by atoms with Crippen LogP contribution in [0.1, 0.15) is 13.8 Å². The molecule has 13 heavy (non-hydrogen) atoms. The minimum absolute atomic E-state index is 0.959. The van der Waals surface area contributed by atoms with Gasteiger partial charge in [0, 0.05) is 6.20 Å². The van der Waals surface area contributed by atoms with Gasteiger partial charge in [0.25, 0.3) is 0 Å². The Kier molecular flexibility index (Phi) is 5.37. The molecule has 0 bridgehead atoms. The maximum absolute atomic E-state index is 5.48. The van der Waals surface area contributed by atoms with Gasteiger partial charge < -0.3 is 5.73 Å². The third kappa shape index (κ3) is 4.16. The lowest BCUT2D eigenvalue weighted by atomic mass is 10.1. The highest BCUT2D eigenvalue weighted by atomic mass is 14.5. The molecule has 0 atom stereocenters. The summed E-state index contributed by atoms with van der Waals surface area (Å²) in [6.07, 6.45) is 9.16. The van der Waals surface area contributed by atoms with E-state index in [1.54, 1.807) is 12.3 Å². The van der Waals surface area contributed by atoms with Gasteiger partial charge >= 0.3 is 0 Å². The van der Waals surface area contributed by atoms with Crippen molar-refractivity contribution in [2.45, 2.75) is 13.8 Å². The number of nitrogens with two attached hydrogens (primary N) is 1. The van der Waals surface area contributed by atoms with Crippen molar-refractivity contribution in [3.63, 3.8) is 0 Å². The number of rotatable bonds is 4. The Balaban J connectivity index is 4.74. The maximum Gasteiger partial charge on any atom is 0.00174 e. The molecule has 0 aromatic heterocycles. The molecule has 0 aliphatic carbocycles. The maximum atomic E-state index is 5.48. The van der Waals surface area contributed by atoms with E-state index in [0.29, 0.717) is 0 Å². The van der Waals surface area contributed by atoms with E-state index < -0.39 is 0 Å². The van der Waals surface area contributed by atoms with Crippen LogP contribution in [0.25, 0.3) is 0 Å². The van der Waals surface area contributed by atoms with Crippen molar-refractivity contribution in [2.75, 3.05) is 0 Å². The number of hydrogen-bond donors (Lipinski definition) is 1. The molecule has 0 radical (unpaired) electrons. The molecule has 0 unspecified atom stereocenters. The first-order valence-electron chi connectivity index (χ1n) is 4.20. The van der Waals surface area contributed by atoms with Gasteiger partial charge in [-0.1, -0.05) is 43.0 Å². The lowest BCUT2D eigenvalue weighted by Crippen LogP contribution is -1.88. The quantitative estimate of drug-likeness (QED) is 0.653. The Labute approximate surface area is 80.6 Å². The predicted octanol–water partition coefficient (Wildman–Crippen LogP) is 3.09. The summed E-state index contributed by atoms with van der Waals surface area (Å²) < 4.78 is 0. The summed E-state index contributed by atoms with van der Waals surface area (Å²) in [5.74, 6) is 0. The fourth-order valence-corrected chi connectivity index (χ4v) is 0.882. The molecule has 0 aliphatic heterocycles. The largest absolute Gasteiger partial charge is 0.404 e. The molecule has 0 heterocycles. The van der Waals surface area contributed by atoms with Crippen LogP contribution in [0.3, 0.4) is 0 Å². The minimum Gasteiger partial charge on any atom is -0.404 e. The highest BCUT2D eigenvalue weighted by Gasteiger charge is 1.94. The molecule has 1 heteroatoms. The summed E-state index contributed by atoms with van der Waals surface area (Å²) in [5, 5.41) is 0. The Hall–Kier alpha value is -1.50. The van der Waals surface area contributed by atoms with Crippen LogP contribution in [-0.2, 0) is 0 Å². The monoisotopic (exact) mass is 175 g/mol. The first-order chi connectivity index (χ1) is 6.15. The van der Waals surface area contributed by atoms with Gasteiger partial charge in [-0.25, -0.2) is 0 Å². The molecule has 0 spiro atoms. The zero-order valence-electron chi connectivity index (χ0n) is 8.38. The molecule has 0 rings (SSSR count). The van der Waals surface area contributed by atoms with Crippen molar-refractivity contribution >= 4 is 0 Å². The molecule has 0 saturated heterocycles. The van der Waals surface area contributed by atoms with Gasteiger partial charge in [-0.15, -0.1) is 0 Å². The second kappa shape index (κ2) is 6.06. The van der Waals surface area contributed by atoms with E-state index in [9.17, 15) is 0 Å². The smallest absolute Gasteiger partial charge is 0.00174 e. The van der Waals surface area contributed by atoms with E-state index in [1.807, 2.05) is 32.1 Å². The zero-order chi connectivity index (χ0) is 10.3. The summed E-state index contributed by atoms with van der Waals surface area (Å²) in [7, 11) is 0. The second-order valence-corrected chi connectivity index (χ2v) is 2.75. The number of hydrogen-bond acceptors (Lipinski definition) is 1. The average Bonchev–Trinajstić information content (AvgIpc) is 2.11. The highest BCUT2D eigenvalue weighted by Crippen LogP contribution is 2.11. The Morgan fingerprint density at radius 2 is 1.85 bits per heavy atom. The minimum atomic E-state index is 0.959. The van der Waals surface area contributed by atoms with Crippen LogP contribution in [0.5, 0.6) is 0 Å². The molecule has 0 aromatic rings. The summed E-state index contributed by atoms with van der Waals surface area (Å²) >= 11 is 0. The third-order valence-corrected chi connectivity index (χ3v) is 1.59. The SMILES string of the molecule is C=CC(=C\C)/C(/C=C\C(=C)C)=C/N. The van der Waals surface area contributed by atoms with E-state index >= 15 is 0 Å². The van der Waals surface area contributed by atoms with Crippen LogP contribution in [0.4, 0.5) is 0 Å². The van der Waals surface area contributed by atoms with Gasteiger partial charge in [0.1, 0.15) is 0 Å². The van der Waals surface area contributed by atoms with Crippen LogP contribution in [0.15, 0.2) is 60.4 Å². The van der Waals surface area contributed by atoms with Crippen LogP contribution in [0, 0.1) is 0 Å². The Morgan fingerprint density at radius 3 is 2.15 bits per heavy atom. The third-order valence-electron chi connectivity index (χ3n) is 1.59. The first kappa shape index (κ1) is 11.5. The molecule has 2 N–H and O–H groups in total. The topological polar surface area (TPSA) is 26.0 Å². The van der Waals surface area contributed by atoms with E-state index in [0.717, 1.165) is 16.7 Å². The molecule has 0 amide bonds. The fourth-order valence-electron chi connectivity index (χ4n) is 0.882. The van der Waals surface area contributed by atoms with E-state index in [2.05, 4.69) is 13.2 Å². The van der Waals surface area contributed by atoms with Crippen LogP contribution < -0.4 is 5.73 Å². The van der Waals surface area contributed by atoms with Crippen molar-refractivity contribution in [3.05, 3.63) is 60.4 Å². The molecular formula is C12H17N. The second-order valence-electron chi connectivity index (χ2n) is 2.75. The predicted molar refractivity (Wildman–Crippen MR) is 60.2 cm³/mol. The number of allylic oxidation sites excluding steroid dienone is 7. The highest BCUT2D eigenvalue weighted by molar-refractivity contribution is 5.46. The summed E-state index contributed by atoms with van der Waals surface area (Å²) in [5.41, 5.74) is 8.46. The van der Waals surface area contributed by atoms with Crippen LogP contribution >= 0.6 is 0 Å². The lowest BCUT2D eigenvalue weighted by molar-refractivity contribution is 1.43. The molecule has 0 saturated carbocycles. The summed E-state index contributed by atoms with van der Waals surface area (Å²) in [6, 6.07) is 0. The first-order valence-corrected chi connectivity index (χ1v) is 4.20. The van der Waals surface area contributed by atoms with Crippen molar-refractivity contribution in [2.24, 2.45) is 5.73 Å². The van der Waals surface area contributed by atoms with Gasteiger partial charge in [-0.3, -0.25) is 0 Å². The Bertz CT molecular complexity index is 277. The van der Waals surface area contributed by atoms with Crippen molar-refractivity contribution in [1.82, 2.24) is 0 Å². The average molecular weight is 175 g/mol. The summed E-state index contributed by atoms with van der Waals surface area (Å²) in [4.78, 5) is 0. The van der Waals surface area contributed by atoms with Crippen molar-refractivity contribution < 1.29 is 0 Å². The molecule has 1 nitrogen and oxygen atoms in total. The standard InChI is InChI=1S/C12H17N/c1-5-11(6-2)12(9-13)8-7-10(3)4/h5-9H,1,3,13H2,2,4H3/b8-7-,11-6+,12-9+. The zero-order valence-corrected chi connectivity index (χ0v) is 8.38. The van der Waals surface area contributed by atoms with E-state index in [1.165, 1.54) is 0 Å². The van der Waals surface area contributed by atoms with Crippen LogP contribution in [0.2, 0.25) is 0 Å². The fraction of sp³-hybridized carbons (Fsp3) is 0.167. The van der Waals surface area contributed by atoms with Crippen LogP contribution in [-0.4, -0.2) is 0 Å². The van der Waals surface area contributed by atoms with Crippen molar-refractivity contribution in [1.29, 1.82) is 0 Å². The molecular weight excluding hydrogens is 158 g/mol. The lowest BCUT2D eigenvalue weighted by Gasteiger charge is -2.00. The van der Waals surface area contributed by atoms with E-state index in [4.69, 9.17) is 5.73 Å². The Morgan fingerprint density at radius 1 is 1.23 bits per heavy atom. The molecule has 0 aromatic carbocycles. The van der Waals surface area contributed by atoms with Gasteiger partial charge in [0.2, 0.25) is 0 Å². The van der Waals surface area contributed by atoms with Gasteiger partial charge in [-0.05, 0) is 25.0 Å². The van der Waals surface area contributed by atoms with Gasteiger partial charge in [-0.2, -0.15) is 0 Å². The summed E-state index contributed by atoms with van der Waals surface area (Å²) in [6.45, 7) is 11.4. The van der Waals surface area contributed by atoms with E-state index in [-0.39, 0.29) is 0 Å². The molecule has 0 fully saturated rings. The van der Waals surface area contributed by atoms with Gasteiger partial charge in [0.05, 0.1) is 0 Å². The normalized spacial score (nSPS) is 13.4.